The van der Waals surface area contributed by atoms with E-state index < -0.39 is 0 Å². The maximum absolute atomic E-state index is 13.1. The minimum absolute atomic E-state index is 0.129. The summed E-state index contributed by atoms with van der Waals surface area (Å²) in [7, 11) is 0. The maximum Gasteiger partial charge on any atom is 0.272 e. The minimum Gasteiger partial charge on any atom is -0.346 e. The van der Waals surface area contributed by atoms with Gasteiger partial charge >= 0.3 is 0 Å². The fourth-order valence-electron chi connectivity index (χ4n) is 4.17. The van der Waals surface area contributed by atoms with Crippen molar-refractivity contribution in [1.82, 2.24) is 24.9 Å². The van der Waals surface area contributed by atoms with Gasteiger partial charge in [-0.3, -0.25) is 4.79 Å². The van der Waals surface area contributed by atoms with E-state index >= 15 is 0 Å². The molecule has 0 radical (unpaired) electrons. The van der Waals surface area contributed by atoms with Crippen molar-refractivity contribution >= 4 is 5.91 Å². The van der Waals surface area contributed by atoms with E-state index in [4.69, 9.17) is 5.10 Å². The van der Waals surface area contributed by atoms with Crippen LogP contribution in [0.15, 0.2) is 67.0 Å². The predicted octanol–water partition coefficient (Wildman–Crippen LogP) is 3.79. The van der Waals surface area contributed by atoms with E-state index in [1.54, 1.807) is 6.20 Å². The Morgan fingerprint density at radius 3 is 2.63 bits per heavy atom. The molecule has 5 rings (SSSR count). The SMILES string of the molecule is Cc1ccccc1-n1nc(C(=O)NCc2ccccc2-n2cccn2)c2c1CCC2. The molecule has 30 heavy (non-hydrogen) atoms. The fourth-order valence-corrected chi connectivity index (χ4v) is 4.17. The number of benzene rings is 2. The zero-order valence-corrected chi connectivity index (χ0v) is 16.9. The monoisotopic (exact) mass is 397 g/mol. The molecule has 2 aromatic heterocycles. The highest BCUT2D eigenvalue weighted by atomic mass is 16.1. The molecule has 0 bridgehead atoms. The Morgan fingerprint density at radius 1 is 1.03 bits per heavy atom. The molecule has 6 nitrogen and oxygen atoms in total. The Hall–Kier alpha value is -3.67. The molecule has 1 aliphatic rings. The molecule has 0 saturated heterocycles. The Morgan fingerprint density at radius 2 is 1.83 bits per heavy atom. The Balaban J connectivity index is 1.42. The van der Waals surface area contributed by atoms with Crippen LogP contribution in [0.1, 0.15) is 39.3 Å². The number of aryl methyl sites for hydroxylation is 1. The van der Waals surface area contributed by atoms with Crippen LogP contribution < -0.4 is 5.32 Å². The second-order valence-electron chi connectivity index (χ2n) is 7.59. The number of hydrogen-bond donors (Lipinski definition) is 1. The summed E-state index contributed by atoms with van der Waals surface area (Å²) in [5.74, 6) is -0.129. The topological polar surface area (TPSA) is 64.7 Å². The highest BCUT2D eigenvalue weighted by Gasteiger charge is 2.27. The van der Waals surface area contributed by atoms with Crippen LogP contribution in [0.3, 0.4) is 0 Å². The van der Waals surface area contributed by atoms with Crippen molar-refractivity contribution in [3.8, 4) is 11.4 Å². The van der Waals surface area contributed by atoms with E-state index in [-0.39, 0.29) is 5.91 Å². The van der Waals surface area contributed by atoms with Gasteiger partial charge < -0.3 is 5.32 Å². The highest BCUT2D eigenvalue weighted by Crippen LogP contribution is 2.29. The van der Waals surface area contributed by atoms with Gasteiger partial charge in [-0.2, -0.15) is 10.2 Å². The number of nitrogens with zero attached hydrogens (tertiary/aromatic N) is 4. The molecule has 1 N–H and O–H groups in total. The summed E-state index contributed by atoms with van der Waals surface area (Å²) < 4.78 is 3.77. The van der Waals surface area contributed by atoms with Crippen LogP contribution in [0.2, 0.25) is 0 Å². The summed E-state index contributed by atoms with van der Waals surface area (Å²) in [5.41, 5.74) is 6.93. The number of aromatic nitrogens is 4. The van der Waals surface area contributed by atoms with Crippen molar-refractivity contribution in [3.05, 3.63) is 95.1 Å². The number of carbonyl (C=O) groups excluding carboxylic acids is 1. The molecular formula is C24H23N5O. The largest absolute Gasteiger partial charge is 0.346 e. The van der Waals surface area contributed by atoms with Gasteiger partial charge in [0.2, 0.25) is 0 Å². The van der Waals surface area contributed by atoms with Crippen molar-refractivity contribution in [2.24, 2.45) is 0 Å². The third kappa shape index (κ3) is 3.20. The lowest BCUT2D eigenvalue weighted by molar-refractivity contribution is 0.0944. The lowest BCUT2D eigenvalue weighted by Crippen LogP contribution is -2.25. The van der Waals surface area contributed by atoms with E-state index in [0.717, 1.165) is 53.0 Å². The van der Waals surface area contributed by atoms with E-state index in [1.165, 1.54) is 0 Å². The van der Waals surface area contributed by atoms with Gasteiger partial charge in [-0.05, 0) is 55.5 Å². The molecule has 1 aliphatic carbocycles. The van der Waals surface area contributed by atoms with Crippen molar-refractivity contribution < 1.29 is 4.79 Å². The van der Waals surface area contributed by atoms with Crippen LogP contribution in [0.5, 0.6) is 0 Å². The standard InChI is InChI=1S/C24H23N5O/c1-17-8-2-4-11-20(17)29-22-13-6-10-19(22)23(27-29)24(30)25-16-18-9-3-5-12-21(18)28-15-7-14-26-28/h2-5,7-9,11-12,14-15H,6,10,13,16H2,1H3,(H,25,30). The van der Waals surface area contributed by atoms with Gasteiger partial charge in [-0.1, -0.05) is 36.4 Å². The van der Waals surface area contributed by atoms with Crippen LogP contribution >= 0.6 is 0 Å². The minimum atomic E-state index is -0.129. The van der Waals surface area contributed by atoms with Crippen molar-refractivity contribution in [1.29, 1.82) is 0 Å². The van der Waals surface area contributed by atoms with Gasteiger partial charge in [-0.25, -0.2) is 9.36 Å². The quantitative estimate of drug-likeness (QED) is 0.557. The highest BCUT2D eigenvalue weighted by molar-refractivity contribution is 5.94. The maximum atomic E-state index is 13.1. The van der Waals surface area contributed by atoms with E-state index in [9.17, 15) is 4.79 Å². The fraction of sp³-hybridized carbons (Fsp3) is 0.208. The Kier molecular flexibility index (Phi) is 4.67. The smallest absolute Gasteiger partial charge is 0.272 e. The second kappa shape index (κ2) is 7.63. The molecule has 4 aromatic rings. The van der Waals surface area contributed by atoms with Gasteiger partial charge in [0.1, 0.15) is 0 Å². The molecule has 0 atom stereocenters. The van der Waals surface area contributed by atoms with E-state index in [2.05, 4.69) is 29.5 Å². The molecule has 6 heteroatoms. The van der Waals surface area contributed by atoms with Gasteiger partial charge in [0.05, 0.1) is 11.4 Å². The average Bonchev–Trinajstić information content (AvgIpc) is 3.51. The Labute approximate surface area is 175 Å². The van der Waals surface area contributed by atoms with Crippen LogP contribution in [0.25, 0.3) is 11.4 Å². The summed E-state index contributed by atoms with van der Waals surface area (Å²) in [6.45, 7) is 2.49. The summed E-state index contributed by atoms with van der Waals surface area (Å²) in [6, 6.07) is 18.0. The van der Waals surface area contributed by atoms with Gasteiger partial charge in [0.15, 0.2) is 5.69 Å². The first kappa shape index (κ1) is 18.4. The first-order valence-corrected chi connectivity index (χ1v) is 10.3. The van der Waals surface area contributed by atoms with Crippen LogP contribution in [0, 0.1) is 6.92 Å². The molecule has 0 saturated carbocycles. The summed E-state index contributed by atoms with van der Waals surface area (Å²) >= 11 is 0. The molecule has 2 aromatic carbocycles. The first-order chi connectivity index (χ1) is 14.7. The second-order valence-corrected chi connectivity index (χ2v) is 7.59. The zero-order chi connectivity index (χ0) is 20.5. The summed E-state index contributed by atoms with van der Waals surface area (Å²) in [4.78, 5) is 13.1. The van der Waals surface area contributed by atoms with Gasteiger partial charge in [0.25, 0.3) is 5.91 Å². The molecule has 2 heterocycles. The number of fused-ring (bicyclic) bond motifs is 1. The third-order valence-electron chi connectivity index (χ3n) is 5.67. The van der Waals surface area contributed by atoms with Crippen molar-refractivity contribution in [3.63, 3.8) is 0 Å². The van der Waals surface area contributed by atoms with Crippen molar-refractivity contribution in [2.45, 2.75) is 32.7 Å². The summed E-state index contributed by atoms with van der Waals surface area (Å²) in [6.07, 6.45) is 6.55. The molecule has 0 fully saturated rings. The predicted molar refractivity (Wildman–Crippen MR) is 115 cm³/mol. The first-order valence-electron chi connectivity index (χ1n) is 10.3. The molecule has 0 aliphatic heterocycles. The lowest BCUT2D eigenvalue weighted by atomic mass is 10.1. The number of para-hydroxylation sites is 2. The molecular weight excluding hydrogens is 374 g/mol. The Bertz CT molecular complexity index is 1210. The zero-order valence-electron chi connectivity index (χ0n) is 16.9. The van der Waals surface area contributed by atoms with Gasteiger partial charge in [-0.15, -0.1) is 0 Å². The lowest BCUT2D eigenvalue weighted by Gasteiger charge is -2.10. The number of nitrogens with one attached hydrogen (secondary N) is 1. The number of carbonyl (C=O) groups is 1. The van der Waals surface area contributed by atoms with E-state index in [0.29, 0.717) is 12.2 Å². The van der Waals surface area contributed by atoms with Gasteiger partial charge in [0, 0.05) is 30.2 Å². The van der Waals surface area contributed by atoms with E-state index in [1.807, 2.05) is 58.0 Å². The molecule has 0 unspecified atom stereocenters. The van der Waals surface area contributed by atoms with Crippen LogP contribution in [-0.2, 0) is 19.4 Å². The molecule has 150 valence electrons. The van der Waals surface area contributed by atoms with Crippen LogP contribution in [-0.4, -0.2) is 25.5 Å². The van der Waals surface area contributed by atoms with Crippen molar-refractivity contribution in [2.75, 3.05) is 0 Å². The number of amides is 1. The summed E-state index contributed by atoms with van der Waals surface area (Å²) in [5, 5.41) is 12.1. The third-order valence-corrected chi connectivity index (χ3v) is 5.67. The van der Waals surface area contributed by atoms with Crippen LogP contribution in [0.4, 0.5) is 0 Å². The number of rotatable bonds is 5. The average molecular weight is 397 g/mol. The molecule has 0 spiro atoms. The molecule has 1 amide bonds. The number of hydrogen-bond acceptors (Lipinski definition) is 3. The normalized spacial score (nSPS) is 12.7.